The summed E-state index contributed by atoms with van der Waals surface area (Å²) >= 11 is 1.48. The van der Waals surface area contributed by atoms with Crippen LogP contribution in [0.25, 0.3) is 0 Å². The number of carbonyl (C=O) groups excluding carboxylic acids is 2. The average molecular weight is 280 g/mol. The van der Waals surface area contributed by atoms with Crippen molar-refractivity contribution in [1.29, 1.82) is 0 Å². The zero-order chi connectivity index (χ0) is 14.3. The number of hydrogen-bond donors (Lipinski definition) is 0. The van der Waals surface area contributed by atoms with Gasteiger partial charge in [-0.15, -0.1) is 11.8 Å². The summed E-state index contributed by atoms with van der Waals surface area (Å²) in [6, 6.07) is 7.32. The third-order valence-electron chi connectivity index (χ3n) is 2.62. The Bertz CT molecular complexity index is 426. The van der Waals surface area contributed by atoms with Crippen molar-refractivity contribution in [3.05, 3.63) is 29.8 Å². The smallest absolute Gasteiger partial charge is 0.319 e. The first-order chi connectivity index (χ1) is 9.08. The minimum absolute atomic E-state index is 0.0472. The van der Waals surface area contributed by atoms with Crippen LogP contribution in [0.5, 0.6) is 0 Å². The van der Waals surface area contributed by atoms with Gasteiger partial charge in [0.25, 0.3) is 0 Å². The Balaban J connectivity index is 2.65. The highest BCUT2D eigenvalue weighted by Crippen LogP contribution is 2.26. The molecule has 0 aromatic heterocycles. The van der Waals surface area contributed by atoms with Crippen molar-refractivity contribution in [2.45, 2.75) is 43.8 Å². The van der Waals surface area contributed by atoms with Gasteiger partial charge in [-0.3, -0.25) is 9.59 Å². The summed E-state index contributed by atoms with van der Waals surface area (Å²) in [5.74, 6) is -0.115. The maximum absolute atomic E-state index is 11.8. The predicted molar refractivity (Wildman–Crippen MR) is 77.6 cm³/mol. The highest BCUT2D eigenvalue weighted by molar-refractivity contribution is 8.00. The van der Waals surface area contributed by atoms with Crippen LogP contribution in [0.15, 0.2) is 29.2 Å². The zero-order valence-electron chi connectivity index (χ0n) is 11.6. The number of esters is 1. The molecule has 0 aliphatic rings. The van der Waals surface area contributed by atoms with E-state index in [0.29, 0.717) is 12.2 Å². The Morgan fingerprint density at radius 2 is 1.84 bits per heavy atom. The van der Waals surface area contributed by atoms with Crippen LogP contribution < -0.4 is 0 Å². The van der Waals surface area contributed by atoms with Crippen LogP contribution in [0.4, 0.5) is 0 Å². The molecule has 1 rings (SSSR count). The summed E-state index contributed by atoms with van der Waals surface area (Å²) in [6.07, 6.45) is 1.56. The molecule has 3 nitrogen and oxygen atoms in total. The van der Waals surface area contributed by atoms with E-state index in [-0.39, 0.29) is 17.0 Å². The van der Waals surface area contributed by atoms with Crippen molar-refractivity contribution in [2.24, 2.45) is 0 Å². The second-order valence-electron chi connectivity index (χ2n) is 4.26. The molecular formula is C15H20O3S. The second-order valence-corrected chi connectivity index (χ2v) is 5.54. The van der Waals surface area contributed by atoms with Crippen molar-refractivity contribution in [3.8, 4) is 0 Å². The van der Waals surface area contributed by atoms with Crippen molar-refractivity contribution in [2.75, 3.05) is 6.61 Å². The standard InChI is InChI=1S/C15H20O3S/c1-4-10-18-15(17)14(5-2)19-13-8-6-12(7-9-13)11(3)16/h6-9,14H,4-5,10H2,1-3H3. The Hall–Kier alpha value is -1.29. The number of Topliss-reactive ketones (excluding diaryl/α,β-unsaturated/α-hetero) is 1. The van der Waals surface area contributed by atoms with Gasteiger partial charge in [-0.05, 0) is 31.9 Å². The van der Waals surface area contributed by atoms with Gasteiger partial charge >= 0.3 is 5.97 Å². The van der Waals surface area contributed by atoms with Crippen LogP contribution in [0.3, 0.4) is 0 Å². The molecular weight excluding hydrogens is 260 g/mol. The zero-order valence-corrected chi connectivity index (χ0v) is 12.5. The first-order valence-electron chi connectivity index (χ1n) is 6.52. The highest BCUT2D eigenvalue weighted by Gasteiger charge is 2.19. The van der Waals surface area contributed by atoms with Gasteiger partial charge in [0.2, 0.25) is 0 Å². The molecule has 0 saturated heterocycles. The molecule has 0 saturated carbocycles. The number of ether oxygens (including phenoxy) is 1. The molecule has 0 fully saturated rings. The van der Waals surface area contributed by atoms with Crippen molar-refractivity contribution < 1.29 is 14.3 Å². The minimum Gasteiger partial charge on any atom is -0.465 e. The van der Waals surface area contributed by atoms with Gasteiger partial charge in [0, 0.05) is 10.5 Å². The fraction of sp³-hybridized carbons (Fsp3) is 0.467. The Labute approximate surface area is 118 Å². The highest BCUT2D eigenvalue weighted by atomic mass is 32.2. The molecule has 1 aromatic rings. The van der Waals surface area contributed by atoms with Gasteiger partial charge in [0.1, 0.15) is 5.25 Å². The molecule has 0 heterocycles. The maximum atomic E-state index is 11.8. The van der Waals surface area contributed by atoms with Gasteiger partial charge < -0.3 is 4.74 Å². The molecule has 19 heavy (non-hydrogen) atoms. The normalized spacial score (nSPS) is 11.9. The number of rotatable bonds is 7. The maximum Gasteiger partial charge on any atom is 0.319 e. The predicted octanol–water partition coefficient (Wildman–Crippen LogP) is 3.71. The van der Waals surface area contributed by atoms with E-state index in [4.69, 9.17) is 4.74 Å². The molecule has 0 radical (unpaired) electrons. The molecule has 0 amide bonds. The monoisotopic (exact) mass is 280 g/mol. The average Bonchev–Trinajstić information content (AvgIpc) is 2.42. The van der Waals surface area contributed by atoms with Gasteiger partial charge in [-0.25, -0.2) is 0 Å². The summed E-state index contributed by atoms with van der Waals surface area (Å²) in [7, 11) is 0. The van der Waals surface area contributed by atoms with Crippen LogP contribution in [0.2, 0.25) is 0 Å². The van der Waals surface area contributed by atoms with Crippen LogP contribution in [0, 0.1) is 0 Å². The lowest BCUT2D eigenvalue weighted by atomic mass is 10.2. The fourth-order valence-electron chi connectivity index (χ4n) is 1.53. The molecule has 104 valence electrons. The van der Waals surface area contributed by atoms with Crippen LogP contribution in [-0.2, 0) is 9.53 Å². The topological polar surface area (TPSA) is 43.4 Å². The van der Waals surface area contributed by atoms with E-state index < -0.39 is 0 Å². The first kappa shape index (κ1) is 15.8. The van der Waals surface area contributed by atoms with E-state index in [1.54, 1.807) is 19.1 Å². The molecule has 0 aliphatic heterocycles. The number of hydrogen-bond acceptors (Lipinski definition) is 4. The van der Waals surface area contributed by atoms with Crippen molar-refractivity contribution in [3.63, 3.8) is 0 Å². The van der Waals surface area contributed by atoms with E-state index in [1.165, 1.54) is 11.8 Å². The van der Waals surface area contributed by atoms with E-state index in [9.17, 15) is 9.59 Å². The fourth-order valence-corrected chi connectivity index (χ4v) is 2.48. The Kier molecular flexibility index (Phi) is 6.64. The number of benzene rings is 1. The molecule has 0 bridgehead atoms. The number of thioether (sulfide) groups is 1. The summed E-state index contributed by atoms with van der Waals surface area (Å²) in [5, 5.41) is -0.185. The minimum atomic E-state index is -0.185. The quantitative estimate of drug-likeness (QED) is 0.434. The van der Waals surface area contributed by atoms with Gasteiger partial charge in [0.05, 0.1) is 6.61 Å². The lowest BCUT2D eigenvalue weighted by Crippen LogP contribution is -2.19. The third-order valence-corrected chi connectivity index (χ3v) is 3.98. The van der Waals surface area contributed by atoms with E-state index in [0.717, 1.165) is 17.7 Å². The lowest BCUT2D eigenvalue weighted by molar-refractivity contribution is -0.143. The molecule has 0 N–H and O–H groups in total. The SMILES string of the molecule is CCCOC(=O)C(CC)Sc1ccc(C(C)=O)cc1. The van der Waals surface area contributed by atoms with Crippen molar-refractivity contribution >= 4 is 23.5 Å². The Morgan fingerprint density at radius 1 is 1.21 bits per heavy atom. The lowest BCUT2D eigenvalue weighted by Gasteiger charge is -2.13. The van der Waals surface area contributed by atoms with E-state index in [1.807, 2.05) is 26.0 Å². The van der Waals surface area contributed by atoms with Crippen molar-refractivity contribution in [1.82, 2.24) is 0 Å². The summed E-state index contributed by atoms with van der Waals surface area (Å²) in [6.45, 7) is 5.95. The molecule has 1 aromatic carbocycles. The molecule has 1 unspecified atom stereocenters. The summed E-state index contributed by atoms with van der Waals surface area (Å²) in [5.41, 5.74) is 0.686. The Morgan fingerprint density at radius 3 is 2.32 bits per heavy atom. The van der Waals surface area contributed by atoms with Crippen LogP contribution in [0.1, 0.15) is 44.0 Å². The summed E-state index contributed by atoms with van der Waals surface area (Å²) in [4.78, 5) is 24.0. The van der Waals surface area contributed by atoms with Gasteiger partial charge in [0.15, 0.2) is 5.78 Å². The second kappa shape index (κ2) is 8.00. The van der Waals surface area contributed by atoms with E-state index in [2.05, 4.69) is 0 Å². The number of ketones is 1. The number of carbonyl (C=O) groups is 2. The molecule has 0 spiro atoms. The van der Waals surface area contributed by atoms with Gasteiger partial charge in [-0.1, -0.05) is 26.0 Å². The molecule has 0 aliphatic carbocycles. The van der Waals surface area contributed by atoms with E-state index >= 15 is 0 Å². The largest absolute Gasteiger partial charge is 0.465 e. The first-order valence-corrected chi connectivity index (χ1v) is 7.40. The van der Waals surface area contributed by atoms with Crippen LogP contribution in [-0.4, -0.2) is 23.6 Å². The molecule has 4 heteroatoms. The summed E-state index contributed by atoms with van der Waals surface area (Å²) < 4.78 is 5.16. The third kappa shape index (κ3) is 5.07. The van der Waals surface area contributed by atoms with Crippen LogP contribution >= 0.6 is 11.8 Å². The van der Waals surface area contributed by atoms with Gasteiger partial charge in [-0.2, -0.15) is 0 Å². The molecule has 1 atom stereocenters.